The van der Waals surface area contributed by atoms with E-state index in [1.54, 1.807) is 0 Å². The highest BCUT2D eigenvalue weighted by atomic mass is 16.5. The molecule has 1 amide bonds. The molecular weight excluding hydrogens is 374 g/mol. The number of hydrogen-bond acceptors (Lipinski definition) is 4. The first-order valence-corrected chi connectivity index (χ1v) is 11.1. The van der Waals surface area contributed by atoms with Crippen LogP contribution in [0.4, 0.5) is 0 Å². The van der Waals surface area contributed by atoms with E-state index in [9.17, 15) is 4.79 Å². The third kappa shape index (κ3) is 3.34. The Morgan fingerprint density at radius 1 is 1.23 bits per heavy atom. The van der Waals surface area contributed by atoms with Crippen LogP contribution >= 0.6 is 0 Å². The first-order valence-electron chi connectivity index (χ1n) is 11.1. The number of aryl methyl sites for hydroxylation is 3. The lowest BCUT2D eigenvalue weighted by Gasteiger charge is -2.29. The maximum absolute atomic E-state index is 12.9. The molecule has 5 rings (SSSR count). The van der Waals surface area contributed by atoms with Gasteiger partial charge in [-0.1, -0.05) is 12.1 Å². The average Bonchev–Trinajstić information content (AvgIpc) is 3.37. The van der Waals surface area contributed by atoms with Gasteiger partial charge < -0.3 is 10.1 Å². The fourth-order valence-corrected chi connectivity index (χ4v) is 5.91. The van der Waals surface area contributed by atoms with Crippen molar-refractivity contribution in [1.29, 1.82) is 0 Å². The SMILES string of the molecule is Cc1cc(C)c(C(=O)NC[C@H]2[C@H]3CN(Cc4ccccn4)C[C@]34CC[C@H]2O4)cc1C. The van der Waals surface area contributed by atoms with Crippen LogP contribution in [0.25, 0.3) is 0 Å². The van der Waals surface area contributed by atoms with Crippen LogP contribution in [0.15, 0.2) is 36.5 Å². The normalized spacial score (nSPS) is 29.9. The Kier molecular flexibility index (Phi) is 4.91. The molecule has 2 bridgehead atoms. The fraction of sp³-hybridized carbons (Fsp3) is 0.520. The lowest BCUT2D eigenvalue weighted by Crippen LogP contribution is -2.42. The Morgan fingerprint density at radius 3 is 2.87 bits per heavy atom. The molecule has 1 aromatic heterocycles. The quantitative estimate of drug-likeness (QED) is 0.828. The first-order chi connectivity index (χ1) is 14.4. The Hall–Kier alpha value is -2.24. The van der Waals surface area contributed by atoms with Crippen LogP contribution in [0.1, 0.15) is 45.6 Å². The highest BCUT2D eigenvalue weighted by Gasteiger charge is 2.62. The van der Waals surface area contributed by atoms with Crippen molar-refractivity contribution in [1.82, 2.24) is 15.2 Å². The van der Waals surface area contributed by atoms with Crippen LogP contribution in [-0.2, 0) is 11.3 Å². The zero-order valence-corrected chi connectivity index (χ0v) is 18.1. The number of amides is 1. The number of likely N-dealkylation sites (tertiary alicyclic amines) is 1. The number of hydrogen-bond donors (Lipinski definition) is 1. The Morgan fingerprint density at radius 2 is 2.07 bits per heavy atom. The van der Waals surface area contributed by atoms with Crippen LogP contribution < -0.4 is 5.32 Å². The lowest BCUT2D eigenvalue weighted by atomic mass is 9.73. The number of carbonyl (C=O) groups excluding carboxylic acids is 1. The third-order valence-electron chi connectivity index (χ3n) is 7.55. The molecule has 5 heteroatoms. The number of fused-ring (bicyclic) bond motifs is 1. The molecule has 5 nitrogen and oxygen atoms in total. The van der Waals surface area contributed by atoms with Crippen LogP contribution in [0.3, 0.4) is 0 Å². The van der Waals surface area contributed by atoms with E-state index in [1.165, 1.54) is 5.56 Å². The van der Waals surface area contributed by atoms with Crippen LogP contribution in [0, 0.1) is 32.6 Å². The number of nitrogens with zero attached hydrogens (tertiary/aromatic N) is 2. The number of ether oxygens (including phenoxy) is 1. The molecule has 2 aromatic rings. The molecule has 0 radical (unpaired) electrons. The van der Waals surface area contributed by atoms with Crippen LogP contribution in [0.5, 0.6) is 0 Å². The van der Waals surface area contributed by atoms with Gasteiger partial charge in [0.2, 0.25) is 0 Å². The maximum atomic E-state index is 12.9. The van der Waals surface area contributed by atoms with Gasteiger partial charge in [0, 0.05) is 49.8 Å². The predicted molar refractivity (Wildman–Crippen MR) is 116 cm³/mol. The summed E-state index contributed by atoms with van der Waals surface area (Å²) in [7, 11) is 0. The minimum absolute atomic E-state index is 0.0226. The monoisotopic (exact) mass is 405 g/mol. The highest BCUT2D eigenvalue weighted by molar-refractivity contribution is 5.95. The number of aromatic nitrogens is 1. The second-order valence-electron chi connectivity index (χ2n) is 9.48. The van der Waals surface area contributed by atoms with Gasteiger partial charge in [-0.3, -0.25) is 14.7 Å². The molecule has 3 fully saturated rings. The first kappa shape index (κ1) is 19.7. The van der Waals surface area contributed by atoms with Gasteiger partial charge in [-0.05, 0) is 68.5 Å². The van der Waals surface area contributed by atoms with Crippen molar-refractivity contribution < 1.29 is 9.53 Å². The van der Waals surface area contributed by atoms with Gasteiger partial charge in [-0.25, -0.2) is 0 Å². The second-order valence-corrected chi connectivity index (χ2v) is 9.48. The second kappa shape index (κ2) is 7.47. The zero-order chi connectivity index (χ0) is 20.9. The summed E-state index contributed by atoms with van der Waals surface area (Å²) in [4.78, 5) is 19.9. The topological polar surface area (TPSA) is 54.5 Å². The minimum Gasteiger partial charge on any atom is -0.370 e. The van der Waals surface area contributed by atoms with Crippen molar-refractivity contribution >= 4 is 5.91 Å². The summed E-state index contributed by atoms with van der Waals surface area (Å²) in [6.07, 6.45) is 4.40. The summed E-state index contributed by atoms with van der Waals surface area (Å²) in [5.41, 5.74) is 5.31. The molecule has 1 N–H and O–H groups in total. The van der Waals surface area contributed by atoms with E-state index in [0.29, 0.717) is 18.4 Å². The molecule has 3 saturated heterocycles. The van der Waals surface area contributed by atoms with Crippen molar-refractivity contribution in [2.45, 2.75) is 51.9 Å². The van der Waals surface area contributed by atoms with E-state index in [2.05, 4.69) is 41.2 Å². The predicted octanol–water partition coefficient (Wildman–Crippen LogP) is 3.42. The molecule has 158 valence electrons. The average molecular weight is 406 g/mol. The number of carbonyl (C=O) groups is 1. The van der Waals surface area contributed by atoms with Crippen LogP contribution in [-0.4, -0.2) is 47.1 Å². The molecule has 1 aromatic carbocycles. The summed E-state index contributed by atoms with van der Waals surface area (Å²) in [5, 5.41) is 3.24. The standard InChI is InChI=1S/C25H31N3O2/c1-16-10-18(3)20(11-17(16)2)24(29)27-12-21-22-14-28(13-19-6-4-5-9-26-19)15-25(22)8-7-23(21)30-25/h4-6,9-11,21-23H,7-8,12-15H2,1-3H3,(H,27,29)/t21-,22+,23+,25+/m0/s1. The molecule has 3 aliphatic rings. The van der Waals surface area contributed by atoms with Crippen molar-refractivity contribution in [3.05, 3.63) is 64.5 Å². The van der Waals surface area contributed by atoms with Crippen molar-refractivity contribution in [2.24, 2.45) is 11.8 Å². The number of benzene rings is 1. The minimum atomic E-state index is -0.0226. The smallest absolute Gasteiger partial charge is 0.251 e. The lowest BCUT2D eigenvalue weighted by molar-refractivity contribution is 0.00204. The third-order valence-corrected chi connectivity index (χ3v) is 7.55. The van der Waals surface area contributed by atoms with E-state index in [-0.39, 0.29) is 17.6 Å². The molecule has 1 spiro atoms. The van der Waals surface area contributed by atoms with E-state index < -0.39 is 0 Å². The van der Waals surface area contributed by atoms with Crippen molar-refractivity contribution in [3.63, 3.8) is 0 Å². The van der Waals surface area contributed by atoms with Gasteiger partial charge in [0.15, 0.2) is 0 Å². The van der Waals surface area contributed by atoms with E-state index in [1.807, 2.05) is 31.3 Å². The molecular formula is C25H31N3O2. The number of pyridine rings is 1. The van der Waals surface area contributed by atoms with E-state index in [0.717, 1.165) is 54.9 Å². The molecule has 3 aliphatic heterocycles. The van der Waals surface area contributed by atoms with Gasteiger partial charge >= 0.3 is 0 Å². The molecule has 0 saturated carbocycles. The molecule has 4 heterocycles. The zero-order valence-electron chi connectivity index (χ0n) is 18.1. The fourth-order valence-electron chi connectivity index (χ4n) is 5.91. The summed E-state index contributed by atoms with van der Waals surface area (Å²) < 4.78 is 6.55. The Balaban J connectivity index is 1.26. The van der Waals surface area contributed by atoms with Gasteiger partial charge in [0.05, 0.1) is 17.4 Å². The van der Waals surface area contributed by atoms with Gasteiger partial charge in [-0.2, -0.15) is 0 Å². The molecule has 0 unspecified atom stereocenters. The van der Waals surface area contributed by atoms with Crippen molar-refractivity contribution in [3.8, 4) is 0 Å². The molecule has 4 atom stereocenters. The van der Waals surface area contributed by atoms with Crippen molar-refractivity contribution in [2.75, 3.05) is 19.6 Å². The van der Waals surface area contributed by atoms with Crippen LogP contribution in [0.2, 0.25) is 0 Å². The van der Waals surface area contributed by atoms with Gasteiger partial charge in [0.1, 0.15) is 0 Å². The summed E-state index contributed by atoms with van der Waals surface area (Å²) >= 11 is 0. The molecule has 0 aliphatic carbocycles. The maximum Gasteiger partial charge on any atom is 0.251 e. The van der Waals surface area contributed by atoms with E-state index >= 15 is 0 Å². The van der Waals surface area contributed by atoms with E-state index in [4.69, 9.17) is 4.74 Å². The summed E-state index contributed by atoms with van der Waals surface area (Å²) in [5.74, 6) is 0.917. The Labute approximate surface area is 178 Å². The highest BCUT2D eigenvalue weighted by Crippen LogP contribution is 2.54. The summed E-state index contributed by atoms with van der Waals surface area (Å²) in [6.45, 7) is 9.74. The molecule has 30 heavy (non-hydrogen) atoms. The number of nitrogens with one attached hydrogen (secondary N) is 1. The summed E-state index contributed by atoms with van der Waals surface area (Å²) in [6, 6.07) is 10.2. The largest absolute Gasteiger partial charge is 0.370 e. The Bertz CT molecular complexity index is 960. The van der Waals surface area contributed by atoms with Gasteiger partial charge in [-0.15, -0.1) is 0 Å². The van der Waals surface area contributed by atoms with Gasteiger partial charge in [0.25, 0.3) is 5.91 Å². The number of rotatable bonds is 5.